The molecule has 2 aliphatic heterocycles. The second-order valence-corrected chi connectivity index (χ2v) is 12.6. The molecule has 3 rings (SSSR count). The van der Waals surface area contributed by atoms with Crippen LogP contribution in [-0.2, 0) is 18.8 Å². The quantitative estimate of drug-likeness (QED) is 0.309. The van der Waals surface area contributed by atoms with E-state index in [0.29, 0.717) is 23.9 Å². The molecule has 13 heteroatoms. The minimum Gasteiger partial charge on any atom is -0.443 e. The molecule has 37 heavy (non-hydrogen) atoms. The van der Waals surface area contributed by atoms with E-state index in [1.54, 1.807) is 40.0 Å². The van der Waals surface area contributed by atoms with Gasteiger partial charge in [0.25, 0.3) is 0 Å². The second-order valence-electron chi connectivity index (χ2n) is 10.7. The largest absolute Gasteiger partial charge is 0.494 e. The third kappa shape index (κ3) is 8.08. The van der Waals surface area contributed by atoms with Crippen molar-refractivity contribution in [1.29, 1.82) is 0 Å². The van der Waals surface area contributed by atoms with Crippen molar-refractivity contribution in [2.75, 3.05) is 7.05 Å². The van der Waals surface area contributed by atoms with Crippen molar-refractivity contribution in [2.24, 2.45) is 4.99 Å². The Kier molecular flexibility index (Phi) is 10.5. The molecule has 0 bridgehead atoms. The molecular weight excluding hydrogens is 523 g/mol. The Bertz CT molecular complexity index is 991. The molecule has 1 N–H and O–H groups in total. The van der Waals surface area contributed by atoms with E-state index in [4.69, 9.17) is 18.8 Å². The first kappa shape index (κ1) is 31.4. The molecule has 2 heterocycles. The van der Waals surface area contributed by atoms with Gasteiger partial charge in [-0.2, -0.15) is 4.31 Å². The number of ether oxygens (including phenoxy) is 1. The SMILES string of the molecule is CC1CC(c2cc(B3OC(C)(C)C(C)(C)O3)ccc2F)N=C(N(SF)C(=O)OC(C)(C)C)S1.CNC=O. The third-order valence-corrected chi connectivity index (χ3v) is 7.62. The van der Waals surface area contributed by atoms with Gasteiger partial charge >= 0.3 is 13.2 Å². The number of benzene rings is 1. The number of aliphatic imine (C=N–C) groups is 1. The summed E-state index contributed by atoms with van der Waals surface area (Å²) < 4.78 is 46.9. The summed E-state index contributed by atoms with van der Waals surface area (Å²) in [4.78, 5) is 26.1. The highest BCUT2D eigenvalue weighted by Gasteiger charge is 2.51. The molecule has 0 saturated carbocycles. The Balaban J connectivity index is 0.00000112. The summed E-state index contributed by atoms with van der Waals surface area (Å²) in [5.41, 5.74) is -0.824. The lowest BCUT2D eigenvalue weighted by Gasteiger charge is -2.32. The molecule has 1 saturated heterocycles. The monoisotopic (exact) mass is 559 g/mol. The summed E-state index contributed by atoms with van der Waals surface area (Å²) in [5, 5.41) is 2.36. The molecule has 1 aromatic carbocycles. The van der Waals surface area contributed by atoms with Crippen molar-refractivity contribution >= 4 is 54.3 Å². The highest BCUT2D eigenvalue weighted by molar-refractivity contribution is 8.15. The number of carbonyl (C=O) groups excluding carboxylic acids is 2. The van der Waals surface area contributed by atoms with Crippen LogP contribution in [0.4, 0.5) is 13.1 Å². The van der Waals surface area contributed by atoms with Crippen LogP contribution < -0.4 is 10.8 Å². The van der Waals surface area contributed by atoms with Crippen LogP contribution in [0.5, 0.6) is 0 Å². The van der Waals surface area contributed by atoms with Gasteiger partial charge in [0.2, 0.25) is 6.41 Å². The zero-order valence-electron chi connectivity index (χ0n) is 22.8. The van der Waals surface area contributed by atoms with Crippen LogP contribution in [0.1, 0.15) is 73.4 Å². The molecule has 0 aromatic heterocycles. The van der Waals surface area contributed by atoms with Gasteiger partial charge in [-0.3, -0.25) is 9.79 Å². The van der Waals surface area contributed by atoms with Gasteiger partial charge in [-0.1, -0.05) is 30.8 Å². The van der Waals surface area contributed by atoms with E-state index in [2.05, 4.69) is 10.3 Å². The summed E-state index contributed by atoms with van der Waals surface area (Å²) in [6.45, 7) is 14.8. The number of amides is 2. The van der Waals surface area contributed by atoms with Crippen molar-refractivity contribution < 1.29 is 31.9 Å². The number of rotatable bonds is 4. The average Bonchev–Trinajstić information content (AvgIpc) is 3.00. The maximum Gasteiger partial charge on any atom is 0.494 e. The minimum absolute atomic E-state index is 0.0282. The van der Waals surface area contributed by atoms with E-state index < -0.39 is 41.9 Å². The summed E-state index contributed by atoms with van der Waals surface area (Å²) >= 11 is 0.974. The number of carbonyl (C=O) groups is 2. The van der Waals surface area contributed by atoms with E-state index in [1.165, 1.54) is 17.8 Å². The molecule has 2 aliphatic rings. The number of nitrogens with one attached hydrogen (secondary N) is 1. The highest BCUT2D eigenvalue weighted by Crippen LogP contribution is 2.39. The fourth-order valence-electron chi connectivity index (χ4n) is 3.44. The molecule has 0 radical (unpaired) electrons. The average molecular weight is 560 g/mol. The van der Waals surface area contributed by atoms with E-state index >= 15 is 0 Å². The molecule has 2 unspecified atom stereocenters. The smallest absolute Gasteiger partial charge is 0.443 e. The van der Waals surface area contributed by atoms with Crippen LogP contribution in [0.2, 0.25) is 0 Å². The number of nitrogens with zero attached hydrogens (tertiary/aromatic N) is 2. The molecular formula is C24H36BF2N3O5S2. The number of amidine groups is 1. The molecule has 2 amide bonds. The first-order valence-electron chi connectivity index (χ1n) is 11.9. The van der Waals surface area contributed by atoms with E-state index in [9.17, 15) is 13.1 Å². The van der Waals surface area contributed by atoms with Gasteiger partial charge in [0.15, 0.2) is 17.5 Å². The maximum absolute atomic E-state index is 14.9. The molecule has 206 valence electrons. The summed E-state index contributed by atoms with van der Waals surface area (Å²) in [5.74, 6) is -0.431. The molecule has 0 spiro atoms. The summed E-state index contributed by atoms with van der Waals surface area (Å²) in [6.07, 6.45) is 0.289. The van der Waals surface area contributed by atoms with E-state index in [0.717, 1.165) is 4.31 Å². The zero-order valence-corrected chi connectivity index (χ0v) is 24.4. The fraction of sp³-hybridized carbons (Fsp3) is 0.625. The molecule has 1 aromatic rings. The van der Waals surface area contributed by atoms with Crippen molar-refractivity contribution in [3.05, 3.63) is 29.6 Å². The van der Waals surface area contributed by atoms with Crippen LogP contribution in [0, 0.1) is 5.82 Å². The number of halogens is 2. The lowest BCUT2D eigenvalue weighted by atomic mass is 9.77. The predicted molar refractivity (Wildman–Crippen MR) is 146 cm³/mol. The number of hydrogen-bond donors (Lipinski definition) is 1. The predicted octanol–water partition coefficient (Wildman–Crippen LogP) is 5.18. The Morgan fingerprint density at radius 1 is 1.30 bits per heavy atom. The summed E-state index contributed by atoms with van der Waals surface area (Å²) in [7, 11) is 0.917. The molecule has 1 fully saturated rings. The van der Waals surface area contributed by atoms with Crippen molar-refractivity contribution in [3.8, 4) is 0 Å². The van der Waals surface area contributed by atoms with Crippen LogP contribution in [0.3, 0.4) is 0 Å². The Hall–Kier alpha value is -1.83. The third-order valence-electron chi connectivity index (χ3n) is 5.95. The van der Waals surface area contributed by atoms with Gasteiger partial charge in [0.1, 0.15) is 11.4 Å². The fourth-order valence-corrected chi connectivity index (χ4v) is 4.85. The van der Waals surface area contributed by atoms with Crippen LogP contribution in [0.15, 0.2) is 23.2 Å². The normalized spacial score (nSPS) is 22.4. The van der Waals surface area contributed by atoms with Gasteiger partial charge in [0, 0.05) is 17.9 Å². The maximum atomic E-state index is 14.9. The van der Waals surface area contributed by atoms with Crippen LogP contribution >= 0.6 is 24.1 Å². The Morgan fingerprint density at radius 2 is 1.86 bits per heavy atom. The highest BCUT2D eigenvalue weighted by atomic mass is 32.2. The van der Waals surface area contributed by atoms with Gasteiger partial charge in [-0.15, -0.1) is 3.89 Å². The van der Waals surface area contributed by atoms with Crippen molar-refractivity contribution in [1.82, 2.24) is 9.62 Å². The van der Waals surface area contributed by atoms with Crippen molar-refractivity contribution in [3.63, 3.8) is 0 Å². The number of hydrogen-bond acceptors (Lipinski definition) is 8. The topological polar surface area (TPSA) is 89.5 Å². The second kappa shape index (κ2) is 12.4. The van der Waals surface area contributed by atoms with Crippen molar-refractivity contribution in [2.45, 2.75) is 89.9 Å². The van der Waals surface area contributed by atoms with Gasteiger partial charge in [-0.25, -0.2) is 9.18 Å². The van der Waals surface area contributed by atoms with Crippen LogP contribution in [-0.4, -0.2) is 58.2 Å². The van der Waals surface area contributed by atoms with Gasteiger partial charge in [0.05, 0.1) is 17.2 Å². The minimum atomic E-state index is -0.861. The Labute approximate surface area is 227 Å². The molecule has 8 nitrogen and oxygen atoms in total. The first-order chi connectivity index (χ1) is 17.0. The molecule has 0 aliphatic carbocycles. The van der Waals surface area contributed by atoms with Crippen LogP contribution in [0.25, 0.3) is 0 Å². The lowest BCUT2D eigenvalue weighted by Crippen LogP contribution is -2.41. The van der Waals surface area contributed by atoms with Gasteiger partial charge < -0.3 is 19.4 Å². The standard InChI is InChI=1S/C22H31BF2N2O4S2.C2H5NO/c1-13-11-17(26-18(32-13)27(33-25)19(28)29-20(2,3)4)15-12-14(9-10-16(15)24)23-30-21(5,6)22(7,8)31-23;1-3-2-4/h9-10,12-13,17H,11H2,1-8H3;2H,1H3,(H,3,4). The van der Waals surface area contributed by atoms with E-state index in [-0.39, 0.29) is 22.8 Å². The number of thioether (sulfide) groups is 1. The lowest BCUT2D eigenvalue weighted by molar-refractivity contribution is -0.109. The zero-order chi connectivity index (χ0) is 28.2. The van der Waals surface area contributed by atoms with E-state index in [1.807, 2.05) is 34.6 Å². The van der Waals surface area contributed by atoms with Gasteiger partial charge in [-0.05, 0) is 66.4 Å². The summed E-state index contributed by atoms with van der Waals surface area (Å²) in [6, 6.07) is 4.09. The first-order valence-corrected chi connectivity index (χ1v) is 13.4. The molecule has 2 atom stereocenters. The Morgan fingerprint density at radius 3 is 2.35 bits per heavy atom.